The Morgan fingerprint density at radius 2 is 2.15 bits per heavy atom. The van der Waals surface area contributed by atoms with Gasteiger partial charge >= 0.3 is 6.18 Å². The third kappa shape index (κ3) is 3.91. The van der Waals surface area contributed by atoms with Crippen molar-refractivity contribution < 1.29 is 22.7 Å². The minimum atomic E-state index is -4.45. The van der Waals surface area contributed by atoms with Crippen molar-refractivity contribution in [1.29, 1.82) is 0 Å². The van der Waals surface area contributed by atoms with Crippen LogP contribution in [0.4, 0.5) is 18.3 Å². The van der Waals surface area contributed by atoms with Crippen LogP contribution in [0.2, 0.25) is 0 Å². The quantitative estimate of drug-likeness (QED) is 0.943. The SMILES string of the molecule is CC(OCC(F)(F)F)C(=O)Nc1nc2ccccc2s1. The number of thiazole rings is 1. The smallest absolute Gasteiger partial charge is 0.359 e. The molecule has 0 bridgehead atoms. The van der Waals surface area contributed by atoms with Gasteiger partial charge in [0, 0.05) is 0 Å². The Kier molecular flexibility index (Phi) is 4.24. The van der Waals surface area contributed by atoms with Crippen molar-refractivity contribution in [2.24, 2.45) is 0 Å². The second-order valence-electron chi connectivity index (χ2n) is 4.04. The molecule has 1 atom stereocenters. The fourth-order valence-electron chi connectivity index (χ4n) is 1.43. The lowest BCUT2D eigenvalue weighted by atomic mass is 10.3. The summed E-state index contributed by atoms with van der Waals surface area (Å²) in [6, 6.07) is 7.27. The molecule has 0 saturated heterocycles. The fraction of sp³-hybridized carbons (Fsp3) is 0.333. The Balaban J connectivity index is 1.96. The Morgan fingerprint density at radius 3 is 2.80 bits per heavy atom. The Morgan fingerprint density at radius 1 is 1.45 bits per heavy atom. The standard InChI is InChI=1S/C12H11F3N2O2S/c1-7(19-6-12(13,14)15)10(18)17-11-16-8-4-2-3-5-9(8)20-11/h2-5,7H,6H2,1H3,(H,16,17,18). The molecule has 1 N–H and O–H groups in total. The summed E-state index contributed by atoms with van der Waals surface area (Å²) in [5.41, 5.74) is 0.719. The van der Waals surface area contributed by atoms with Gasteiger partial charge in [0.1, 0.15) is 12.7 Å². The van der Waals surface area contributed by atoms with Gasteiger partial charge in [-0.05, 0) is 19.1 Å². The number of rotatable bonds is 4. The van der Waals surface area contributed by atoms with Crippen LogP contribution in [0.25, 0.3) is 10.2 Å². The molecule has 0 fully saturated rings. The van der Waals surface area contributed by atoms with Crippen molar-refractivity contribution in [3.05, 3.63) is 24.3 Å². The number of ether oxygens (including phenoxy) is 1. The van der Waals surface area contributed by atoms with Crippen LogP contribution in [0.1, 0.15) is 6.92 Å². The highest BCUT2D eigenvalue weighted by Gasteiger charge is 2.30. The average Bonchev–Trinajstić information content (AvgIpc) is 2.76. The first kappa shape index (κ1) is 14.7. The van der Waals surface area contributed by atoms with Gasteiger partial charge in [0.15, 0.2) is 5.13 Å². The molecule has 2 aromatic rings. The van der Waals surface area contributed by atoms with Crippen LogP contribution < -0.4 is 5.32 Å². The molecule has 1 heterocycles. The molecule has 2 rings (SSSR count). The number of nitrogens with zero attached hydrogens (tertiary/aromatic N) is 1. The lowest BCUT2D eigenvalue weighted by molar-refractivity contribution is -0.184. The second kappa shape index (κ2) is 5.76. The van der Waals surface area contributed by atoms with E-state index in [2.05, 4.69) is 15.0 Å². The number of hydrogen-bond acceptors (Lipinski definition) is 4. The maximum Gasteiger partial charge on any atom is 0.411 e. The van der Waals surface area contributed by atoms with E-state index >= 15 is 0 Å². The third-order valence-corrected chi connectivity index (χ3v) is 3.34. The molecule has 20 heavy (non-hydrogen) atoms. The lowest BCUT2D eigenvalue weighted by Gasteiger charge is -2.13. The number of carbonyl (C=O) groups is 1. The van der Waals surface area contributed by atoms with Crippen LogP contribution in [-0.2, 0) is 9.53 Å². The second-order valence-corrected chi connectivity index (χ2v) is 5.08. The molecule has 108 valence electrons. The minimum Gasteiger partial charge on any atom is -0.359 e. The van der Waals surface area contributed by atoms with Crippen molar-refractivity contribution in [3.63, 3.8) is 0 Å². The molecule has 1 amide bonds. The van der Waals surface area contributed by atoms with Crippen LogP contribution in [0.5, 0.6) is 0 Å². The average molecular weight is 304 g/mol. The summed E-state index contributed by atoms with van der Waals surface area (Å²) in [6.07, 6.45) is -5.66. The van der Waals surface area contributed by atoms with E-state index in [0.717, 1.165) is 10.2 Å². The summed E-state index contributed by atoms with van der Waals surface area (Å²) in [7, 11) is 0. The molecule has 8 heteroatoms. The predicted octanol–water partition coefficient (Wildman–Crippen LogP) is 3.20. The van der Waals surface area contributed by atoms with Gasteiger partial charge in [-0.2, -0.15) is 13.2 Å². The summed E-state index contributed by atoms with van der Waals surface area (Å²) < 4.78 is 41.3. The van der Waals surface area contributed by atoms with E-state index in [1.807, 2.05) is 18.2 Å². The third-order valence-electron chi connectivity index (χ3n) is 2.39. The highest BCUT2D eigenvalue weighted by Crippen LogP contribution is 2.25. The first-order valence-corrected chi connectivity index (χ1v) is 6.51. The van der Waals surface area contributed by atoms with Crippen LogP contribution in [-0.4, -0.2) is 29.8 Å². The van der Waals surface area contributed by atoms with E-state index in [9.17, 15) is 18.0 Å². The molecule has 0 radical (unpaired) electrons. The van der Waals surface area contributed by atoms with E-state index in [-0.39, 0.29) is 0 Å². The molecular formula is C12H11F3N2O2S. The molecular weight excluding hydrogens is 293 g/mol. The monoisotopic (exact) mass is 304 g/mol. The normalized spacial score (nSPS) is 13.4. The van der Waals surface area contributed by atoms with E-state index in [0.29, 0.717) is 5.13 Å². The first-order chi connectivity index (χ1) is 9.35. The summed E-state index contributed by atoms with van der Waals surface area (Å²) in [5.74, 6) is -0.659. The number of alkyl halides is 3. The van der Waals surface area contributed by atoms with Crippen LogP contribution in [0.3, 0.4) is 0 Å². The highest BCUT2D eigenvalue weighted by atomic mass is 32.1. The van der Waals surface area contributed by atoms with Crippen molar-refractivity contribution in [3.8, 4) is 0 Å². The maximum absolute atomic E-state index is 12.0. The Labute approximate surface area is 116 Å². The number of para-hydroxylation sites is 1. The van der Waals surface area contributed by atoms with Gasteiger partial charge in [0.25, 0.3) is 5.91 Å². The first-order valence-electron chi connectivity index (χ1n) is 5.70. The van der Waals surface area contributed by atoms with Crippen molar-refractivity contribution in [2.45, 2.75) is 19.2 Å². The van der Waals surface area contributed by atoms with Gasteiger partial charge in [-0.1, -0.05) is 23.5 Å². The maximum atomic E-state index is 12.0. The highest BCUT2D eigenvalue weighted by molar-refractivity contribution is 7.22. The number of carbonyl (C=O) groups excluding carboxylic acids is 1. The molecule has 1 aromatic carbocycles. The molecule has 0 saturated carbocycles. The van der Waals surface area contributed by atoms with E-state index in [1.165, 1.54) is 18.3 Å². The number of fused-ring (bicyclic) bond motifs is 1. The minimum absolute atomic E-state index is 0.332. The van der Waals surface area contributed by atoms with E-state index < -0.39 is 24.8 Å². The molecule has 0 aliphatic rings. The fourth-order valence-corrected chi connectivity index (χ4v) is 2.30. The van der Waals surface area contributed by atoms with E-state index in [1.54, 1.807) is 6.07 Å². The lowest BCUT2D eigenvalue weighted by Crippen LogP contribution is -2.31. The molecule has 0 aliphatic heterocycles. The van der Waals surface area contributed by atoms with Gasteiger partial charge in [-0.3, -0.25) is 10.1 Å². The number of benzene rings is 1. The van der Waals surface area contributed by atoms with Crippen LogP contribution >= 0.6 is 11.3 Å². The summed E-state index contributed by atoms with van der Waals surface area (Å²) in [6.45, 7) is -0.199. The van der Waals surface area contributed by atoms with Crippen LogP contribution in [0.15, 0.2) is 24.3 Å². The van der Waals surface area contributed by atoms with Gasteiger partial charge in [-0.15, -0.1) is 0 Å². The number of aromatic nitrogens is 1. The zero-order valence-electron chi connectivity index (χ0n) is 10.4. The molecule has 4 nitrogen and oxygen atoms in total. The van der Waals surface area contributed by atoms with Gasteiger partial charge in [0.2, 0.25) is 0 Å². The topological polar surface area (TPSA) is 51.2 Å². The number of nitrogens with one attached hydrogen (secondary N) is 1. The Hall–Kier alpha value is -1.67. The van der Waals surface area contributed by atoms with E-state index in [4.69, 9.17) is 0 Å². The number of halogens is 3. The van der Waals surface area contributed by atoms with Gasteiger partial charge in [-0.25, -0.2) is 4.98 Å². The van der Waals surface area contributed by atoms with Crippen LogP contribution in [0, 0.1) is 0 Å². The van der Waals surface area contributed by atoms with Crippen molar-refractivity contribution in [2.75, 3.05) is 11.9 Å². The summed E-state index contributed by atoms with van der Waals surface area (Å²) in [4.78, 5) is 15.8. The molecule has 0 spiro atoms. The van der Waals surface area contributed by atoms with Gasteiger partial charge < -0.3 is 4.74 Å². The number of hydrogen-bond donors (Lipinski definition) is 1. The number of amides is 1. The molecule has 1 unspecified atom stereocenters. The van der Waals surface area contributed by atoms with Crippen molar-refractivity contribution >= 4 is 32.6 Å². The predicted molar refractivity (Wildman–Crippen MR) is 69.7 cm³/mol. The number of anilines is 1. The Bertz CT molecular complexity index is 579. The zero-order valence-corrected chi connectivity index (χ0v) is 11.2. The molecule has 0 aliphatic carbocycles. The summed E-state index contributed by atoms with van der Waals surface area (Å²) >= 11 is 1.25. The zero-order chi connectivity index (χ0) is 14.8. The largest absolute Gasteiger partial charge is 0.411 e. The summed E-state index contributed by atoms with van der Waals surface area (Å²) in [5, 5.41) is 2.78. The van der Waals surface area contributed by atoms with Gasteiger partial charge in [0.05, 0.1) is 10.2 Å². The molecule has 1 aromatic heterocycles. The van der Waals surface area contributed by atoms with Crippen molar-refractivity contribution in [1.82, 2.24) is 4.98 Å².